The van der Waals surface area contributed by atoms with Crippen molar-refractivity contribution in [2.24, 2.45) is 0 Å². The minimum absolute atomic E-state index is 0.0801. The molecule has 12 heteroatoms. The number of fused-ring (bicyclic) bond motifs is 1. The molecule has 7 rings (SSSR count). The van der Waals surface area contributed by atoms with E-state index in [1.807, 2.05) is 62.4 Å². The van der Waals surface area contributed by atoms with Gasteiger partial charge in [-0.1, -0.05) is 40.2 Å². The Morgan fingerprint density at radius 1 is 1.06 bits per heavy atom. The molecule has 3 aromatic carbocycles. The van der Waals surface area contributed by atoms with Gasteiger partial charge in [-0.2, -0.15) is 0 Å². The van der Waals surface area contributed by atoms with Crippen LogP contribution in [0.4, 0.5) is 5.82 Å². The van der Waals surface area contributed by atoms with Crippen LogP contribution in [0.2, 0.25) is 0 Å². The van der Waals surface area contributed by atoms with Crippen molar-refractivity contribution in [1.82, 2.24) is 29.3 Å². The van der Waals surface area contributed by atoms with E-state index in [9.17, 15) is 14.4 Å². The van der Waals surface area contributed by atoms with E-state index in [-0.39, 0.29) is 49.1 Å². The van der Waals surface area contributed by atoms with Gasteiger partial charge in [0.25, 0.3) is 11.8 Å². The number of nitrogens with zero attached hydrogens (tertiary/aromatic N) is 5. The number of nitrogens with two attached hydrogens (primary N) is 1. The molecule has 1 aliphatic heterocycles. The third kappa shape index (κ3) is 6.11. The molecule has 11 nitrogen and oxygen atoms in total. The lowest BCUT2D eigenvalue weighted by Crippen LogP contribution is -2.47. The maximum absolute atomic E-state index is 14.3. The van der Waals surface area contributed by atoms with Gasteiger partial charge in [0.2, 0.25) is 0 Å². The normalized spacial score (nSPS) is 15.6. The summed E-state index contributed by atoms with van der Waals surface area (Å²) in [5, 5.41) is 3.03. The van der Waals surface area contributed by atoms with Crippen molar-refractivity contribution >= 4 is 33.6 Å². The number of aromatic nitrogens is 4. The number of aryl methyl sites for hydroxylation is 1. The predicted octanol–water partition coefficient (Wildman–Crippen LogP) is 5.26. The molecule has 0 saturated heterocycles. The number of anilines is 1. The number of hydrogen-bond donors (Lipinski definition) is 2. The topological polar surface area (TPSA) is 137 Å². The van der Waals surface area contributed by atoms with Crippen molar-refractivity contribution in [2.75, 3.05) is 5.73 Å². The number of hydrogen-bond acceptors (Lipinski definition) is 7. The van der Waals surface area contributed by atoms with Gasteiger partial charge in [-0.05, 0) is 86.3 Å². The van der Waals surface area contributed by atoms with Gasteiger partial charge in [-0.3, -0.25) is 18.7 Å². The third-order valence-electron chi connectivity index (χ3n) is 8.72. The highest BCUT2D eigenvalue weighted by atomic mass is 79.9. The second-order valence-electron chi connectivity index (χ2n) is 12.2. The Bertz CT molecular complexity index is 2100. The third-order valence-corrected chi connectivity index (χ3v) is 9.61. The summed E-state index contributed by atoms with van der Waals surface area (Å²) in [5.41, 5.74) is 9.70. The molecule has 1 atom stereocenters. The van der Waals surface area contributed by atoms with E-state index in [4.69, 9.17) is 10.5 Å². The van der Waals surface area contributed by atoms with Crippen molar-refractivity contribution in [3.05, 3.63) is 122 Å². The van der Waals surface area contributed by atoms with Gasteiger partial charge in [-0.25, -0.2) is 14.8 Å². The first-order chi connectivity index (χ1) is 23.2. The molecule has 3 heterocycles. The Morgan fingerprint density at radius 2 is 1.83 bits per heavy atom. The molecule has 244 valence electrons. The molecule has 0 bridgehead atoms. The molecule has 2 aliphatic rings. The molecular weight excluding hydrogens is 674 g/mol. The SMILES string of the molecule is Cc1cc(C(=O)N2Cc3c(C(=O)NCc4ccccc4-c4nccc(N)n4)n(-c4ccc(OC5CC5)cc4)c(=O)n3C[C@@H]2C)ccc1Br. The maximum atomic E-state index is 14.3. The molecule has 1 saturated carbocycles. The van der Waals surface area contributed by atoms with Crippen LogP contribution < -0.4 is 21.5 Å². The number of halogens is 1. The average Bonchev–Trinajstić information content (AvgIpc) is 3.86. The monoisotopic (exact) mass is 707 g/mol. The number of ether oxygens (including phenoxy) is 1. The van der Waals surface area contributed by atoms with Crippen molar-refractivity contribution in [2.45, 2.75) is 58.5 Å². The van der Waals surface area contributed by atoms with Crippen LogP contribution in [0.3, 0.4) is 0 Å². The first-order valence-corrected chi connectivity index (χ1v) is 16.6. The first kappa shape index (κ1) is 31.4. The van der Waals surface area contributed by atoms with E-state index in [0.717, 1.165) is 34.0 Å². The number of carbonyl (C=O) groups is 2. The van der Waals surface area contributed by atoms with Gasteiger partial charge in [0.05, 0.1) is 24.0 Å². The highest BCUT2D eigenvalue weighted by Crippen LogP contribution is 2.29. The van der Waals surface area contributed by atoms with Crippen LogP contribution in [0.25, 0.3) is 17.1 Å². The summed E-state index contributed by atoms with van der Waals surface area (Å²) < 4.78 is 9.88. The lowest BCUT2D eigenvalue weighted by atomic mass is 10.1. The van der Waals surface area contributed by atoms with Crippen LogP contribution in [0, 0.1) is 6.92 Å². The van der Waals surface area contributed by atoms with Crippen molar-refractivity contribution < 1.29 is 14.3 Å². The van der Waals surface area contributed by atoms with E-state index in [2.05, 4.69) is 31.2 Å². The Balaban J connectivity index is 1.26. The summed E-state index contributed by atoms with van der Waals surface area (Å²) in [5.74, 6) is 0.860. The molecule has 1 aliphatic carbocycles. The quantitative estimate of drug-likeness (QED) is 0.224. The van der Waals surface area contributed by atoms with E-state index in [0.29, 0.717) is 34.3 Å². The van der Waals surface area contributed by atoms with Gasteiger partial charge in [-0.15, -0.1) is 0 Å². The van der Waals surface area contributed by atoms with Crippen LogP contribution in [0.1, 0.15) is 57.4 Å². The molecular formula is C36H34BrN7O4. The minimum atomic E-state index is -0.455. The molecule has 0 spiro atoms. The fourth-order valence-electron chi connectivity index (χ4n) is 6.01. The molecule has 3 N–H and O–H groups in total. The summed E-state index contributed by atoms with van der Waals surface area (Å²) in [4.78, 5) is 52.7. The van der Waals surface area contributed by atoms with Crippen LogP contribution in [0.15, 0.2) is 88.3 Å². The zero-order valence-electron chi connectivity index (χ0n) is 26.5. The van der Waals surface area contributed by atoms with Crippen molar-refractivity contribution in [3.8, 4) is 22.8 Å². The van der Waals surface area contributed by atoms with Crippen molar-refractivity contribution in [3.63, 3.8) is 0 Å². The molecule has 2 aromatic heterocycles. The van der Waals surface area contributed by atoms with Gasteiger partial charge in [0, 0.05) is 40.9 Å². The van der Waals surface area contributed by atoms with Crippen LogP contribution in [-0.4, -0.2) is 48.0 Å². The van der Waals surface area contributed by atoms with Crippen LogP contribution >= 0.6 is 15.9 Å². The lowest BCUT2D eigenvalue weighted by molar-refractivity contribution is 0.0610. The van der Waals surface area contributed by atoms with Crippen LogP contribution in [0.5, 0.6) is 5.75 Å². The zero-order chi connectivity index (χ0) is 33.5. The number of rotatable bonds is 8. The maximum Gasteiger partial charge on any atom is 0.333 e. The van der Waals surface area contributed by atoms with E-state index in [1.165, 1.54) is 4.57 Å². The summed E-state index contributed by atoms with van der Waals surface area (Å²) in [7, 11) is 0. The molecule has 0 radical (unpaired) electrons. The number of nitrogens with one attached hydrogen (secondary N) is 1. The standard InChI is InChI=1S/C36H34BrN7O4/c1-21-17-23(7-14-29(21)37)35(46)42-20-30-32(34(45)40-18-24-5-3-4-6-28(24)33-39-16-15-31(38)41-33)44(36(47)43(30)19-22(42)2)25-8-10-26(11-9-25)48-27-12-13-27/h3-11,14-17,22,27H,12-13,18-20H2,1-2H3,(H,40,45)(H2,38,39,41)/t22-/m0/s1. The highest BCUT2D eigenvalue weighted by Gasteiger charge is 2.35. The highest BCUT2D eigenvalue weighted by molar-refractivity contribution is 9.10. The van der Waals surface area contributed by atoms with Gasteiger partial charge in [0.1, 0.15) is 17.3 Å². The average molecular weight is 709 g/mol. The summed E-state index contributed by atoms with van der Waals surface area (Å²) in [6.07, 6.45) is 3.86. The zero-order valence-corrected chi connectivity index (χ0v) is 28.1. The number of benzene rings is 3. The number of carbonyl (C=O) groups excluding carboxylic acids is 2. The largest absolute Gasteiger partial charge is 0.490 e. The molecule has 1 fully saturated rings. The fraction of sp³-hybridized carbons (Fsp3) is 0.250. The molecule has 0 unspecified atom stereocenters. The molecule has 48 heavy (non-hydrogen) atoms. The lowest BCUT2D eigenvalue weighted by Gasteiger charge is -2.34. The summed E-state index contributed by atoms with van der Waals surface area (Å²) in [6, 6.07) is 21.5. The van der Waals surface area contributed by atoms with E-state index in [1.54, 1.807) is 39.9 Å². The van der Waals surface area contributed by atoms with E-state index >= 15 is 0 Å². The predicted molar refractivity (Wildman–Crippen MR) is 185 cm³/mol. The number of imidazole rings is 1. The van der Waals surface area contributed by atoms with Gasteiger partial charge < -0.3 is 20.7 Å². The fourth-order valence-corrected chi connectivity index (χ4v) is 6.26. The first-order valence-electron chi connectivity index (χ1n) is 15.8. The Morgan fingerprint density at radius 3 is 2.56 bits per heavy atom. The van der Waals surface area contributed by atoms with Gasteiger partial charge >= 0.3 is 5.69 Å². The number of amides is 2. The van der Waals surface area contributed by atoms with Gasteiger partial charge in [0.15, 0.2) is 5.82 Å². The Hall–Kier alpha value is -5.23. The summed E-state index contributed by atoms with van der Waals surface area (Å²) >= 11 is 3.51. The smallest absolute Gasteiger partial charge is 0.333 e. The van der Waals surface area contributed by atoms with E-state index < -0.39 is 5.91 Å². The van der Waals surface area contributed by atoms with Crippen molar-refractivity contribution in [1.29, 1.82) is 0 Å². The van der Waals surface area contributed by atoms with Crippen LogP contribution in [-0.2, 0) is 19.6 Å². The number of nitrogen functional groups attached to an aromatic ring is 1. The Labute approximate surface area is 285 Å². The Kier molecular flexibility index (Phi) is 8.34. The summed E-state index contributed by atoms with van der Waals surface area (Å²) in [6.45, 7) is 4.29. The second kappa shape index (κ2) is 12.8. The second-order valence-corrected chi connectivity index (χ2v) is 13.1. The molecule has 2 amide bonds. The minimum Gasteiger partial charge on any atom is -0.490 e. The molecule has 5 aromatic rings.